The van der Waals surface area contributed by atoms with Crippen LogP contribution in [-0.4, -0.2) is 0 Å². The summed E-state index contributed by atoms with van der Waals surface area (Å²) in [5.41, 5.74) is 11.8. The van der Waals surface area contributed by atoms with Crippen LogP contribution in [-0.2, 0) is 0 Å². The standard InChI is InChI=1S/C28H28N2/c1-19-13-15-25(21(3)17-19)29-27-11-7-5-9-23(27)24-10-6-8-12-28(24)30-26-16-14-20(2)18-22(26)4/h5-18,29-30H,1-4H3. The van der Waals surface area contributed by atoms with Crippen LogP contribution in [0.5, 0.6) is 0 Å². The maximum Gasteiger partial charge on any atom is 0.0464 e. The van der Waals surface area contributed by atoms with Gasteiger partial charge in [0.15, 0.2) is 0 Å². The third-order valence-corrected chi connectivity index (χ3v) is 5.45. The number of hydrogen-bond acceptors (Lipinski definition) is 2. The molecule has 0 fully saturated rings. The van der Waals surface area contributed by atoms with Crippen molar-refractivity contribution in [3.8, 4) is 11.1 Å². The Morgan fingerprint density at radius 1 is 0.433 bits per heavy atom. The molecule has 0 unspecified atom stereocenters. The molecule has 0 saturated heterocycles. The van der Waals surface area contributed by atoms with E-state index < -0.39 is 0 Å². The van der Waals surface area contributed by atoms with Gasteiger partial charge in [0.05, 0.1) is 0 Å². The van der Waals surface area contributed by atoms with E-state index in [1.165, 1.54) is 33.4 Å². The predicted octanol–water partition coefficient (Wildman–Crippen LogP) is 8.07. The van der Waals surface area contributed by atoms with Crippen LogP contribution in [0.3, 0.4) is 0 Å². The molecule has 4 aromatic carbocycles. The molecule has 2 nitrogen and oxygen atoms in total. The third-order valence-electron chi connectivity index (χ3n) is 5.45. The molecule has 0 aliphatic rings. The minimum atomic E-state index is 1.10. The van der Waals surface area contributed by atoms with E-state index in [0.29, 0.717) is 0 Å². The van der Waals surface area contributed by atoms with Gasteiger partial charge in [-0.1, -0.05) is 71.8 Å². The lowest BCUT2D eigenvalue weighted by Crippen LogP contribution is -1.99. The van der Waals surface area contributed by atoms with Gasteiger partial charge in [-0.2, -0.15) is 0 Å². The van der Waals surface area contributed by atoms with E-state index >= 15 is 0 Å². The topological polar surface area (TPSA) is 24.1 Å². The van der Waals surface area contributed by atoms with Crippen molar-refractivity contribution in [1.82, 2.24) is 0 Å². The number of nitrogens with one attached hydrogen (secondary N) is 2. The lowest BCUT2D eigenvalue weighted by atomic mass is 10.0. The Morgan fingerprint density at radius 3 is 1.23 bits per heavy atom. The van der Waals surface area contributed by atoms with E-state index in [0.717, 1.165) is 22.7 Å². The summed E-state index contributed by atoms with van der Waals surface area (Å²) >= 11 is 0. The average Bonchev–Trinajstić information content (AvgIpc) is 2.73. The molecule has 4 rings (SSSR count). The lowest BCUT2D eigenvalue weighted by Gasteiger charge is -2.18. The van der Waals surface area contributed by atoms with Gasteiger partial charge in [-0.25, -0.2) is 0 Å². The molecule has 0 aliphatic heterocycles. The Kier molecular flexibility index (Phi) is 5.58. The molecule has 0 atom stereocenters. The maximum atomic E-state index is 3.65. The van der Waals surface area contributed by atoms with Gasteiger partial charge in [0.2, 0.25) is 0 Å². The lowest BCUT2D eigenvalue weighted by molar-refractivity contribution is 1.36. The Hall–Kier alpha value is -3.52. The highest BCUT2D eigenvalue weighted by atomic mass is 14.9. The Balaban J connectivity index is 1.73. The SMILES string of the molecule is Cc1ccc(Nc2ccccc2-c2ccccc2Nc2ccc(C)cc2C)c(C)c1. The second kappa shape index (κ2) is 8.46. The van der Waals surface area contributed by atoms with Gasteiger partial charge in [-0.05, 0) is 63.1 Å². The van der Waals surface area contributed by atoms with Crippen molar-refractivity contribution in [2.75, 3.05) is 10.6 Å². The number of rotatable bonds is 5. The first-order chi connectivity index (χ1) is 14.5. The van der Waals surface area contributed by atoms with E-state index in [2.05, 4.69) is 123 Å². The number of anilines is 4. The quantitative estimate of drug-likeness (QED) is 0.359. The molecule has 0 bridgehead atoms. The maximum absolute atomic E-state index is 3.65. The van der Waals surface area contributed by atoms with E-state index in [-0.39, 0.29) is 0 Å². The first-order valence-electron chi connectivity index (χ1n) is 10.4. The molecular formula is C28H28N2. The molecule has 0 amide bonds. The zero-order valence-electron chi connectivity index (χ0n) is 18.1. The summed E-state index contributed by atoms with van der Waals surface area (Å²) in [6.45, 7) is 8.54. The molecule has 2 N–H and O–H groups in total. The van der Waals surface area contributed by atoms with Crippen LogP contribution in [0.4, 0.5) is 22.7 Å². The highest BCUT2D eigenvalue weighted by molar-refractivity contribution is 5.89. The fraction of sp³-hybridized carbons (Fsp3) is 0.143. The van der Waals surface area contributed by atoms with Crippen LogP contribution >= 0.6 is 0 Å². The largest absolute Gasteiger partial charge is 0.355 e. The first-order valence-corrected chi connectivity index (χ1v) is 10.4. The Morgan fingerprint density at radius 2 is 0.833 bits per heavy atom. The van der Waals surface area contributed by atoms with Crippen molar-refractivity contribution in [3.05, 3.63) is 107 Å². The fourth-order valence-electron chi connectivity index (χ4n) is 3.85. The molecule has 0 heterocycles. The number of benzene rings is 4. The van der Waals surface area contributed by atoms with E-state index in [9.17, 15) is 0 Å². The van der Waals surface area contributed by atoms with Gasteiger partial charge < -0.3 is 10.6 Å². The van der Waals surface area contributed by atoms with Gasteiger partial charge in [0, 0.05) is 33.9 Å². The summed E-state index contributed by atoms with van der Waals surface area (Å²) in [7, 11) is 0. The summed E-state index contributed by atoms with van der Waals surface area (Å²) in [5, 5.41) is 7.30. The highest BCUT2D eigenvalue weighted by Gasteiger charge is 2.11. The van der Waals surface area contributed by atoms with Gasteiger partial charge in [-0.3, -0.25) is 0 Å². The molecule has 0 spiro atoms. The smallest absolute Gasteiger partial charge is 0.0464 e. The Bertz CT molecular complexity index is 1100. The Labute approximate surface area is 179 Å². The van der Waals surface area contributed by atoms with Crippen LogP contribution in [0, 0.1) is 27.7 Å². The molecule has 4 aromatic rings. The monoisotopic (exact) mass is 392 g/mol. The second-order valence-electron chi connectivity index (χ2n) is 7.98. The van der Waals surface area contributed by atoms with Crippen molar-refractivity contribution >= 4 is 22.7 Å². The van der Waals surface area contributed by atoms with E-state index in [4.69, 9.17) is 0 Å². The van der Waals surface area contributed by atoms with E-state index in [1.54, 1.807) is 0 Å². The summed E-state index contributed by atoms with van der Waals surface area (Å²) in [6, 6.07) is 30.0. The molecule has 30 heavy (non-hydrogen) atoms. The van der Waals surface area contributed by atoms with Crippen molar-refractivity contribution in [1.29, 1.82) is 0 Å². The van der Waals surface area contributed by atoms with Crippen molar-refractivity contribution in [2.45, 2.75) is 27.7 Å². The molecule has 0 saturated carbocycles. The molecule has 0 radical (unpaired) electrons. The average molecular weight is 393 g/mol. The predicted molar refractivity (Wildman–Crippen MR) is 130 cm³/mol. The van der Waals surface area contributed by atoms with Crippen molar-refractivity contribution < 1.29 is 0 Å². The molecular weight excluding hydrogens is 364 g/mol. The first kappa shape index (κ1) is 19.8. The van der Waals surface area contributed by atoms with Crippen molar-refractivity contribution in [2.24, 2.45) is 0 Å². The third kappa shape index (κ3) is 4.23. The van der Waals surface area contributed by atoms with Gasteiger partial charge in [0.1, 0.15) is 0 Å². The van der Waals surface area contributed by atoms with Crippen LogP contribution < -0.4 is 10.6 Å². The van der Waals surface area contributed by atoms with Gasteiger partial charge in [-0.15, -0.1) is 0 Å². The van der Waals surface area contributed by atoms with Crippen molar-refractivity contribution in [3.63, 3.8) is 0 Å². The van der Waals surface area contributed by atoms with Crippen LogP contribution in [0.1, 0.15) is 22.3 Å². The fourth-order valence-corrected chi connectivity index (χ4v) is 3.85. The number of aryl methyl sites for hydroxylation is 4. The van der Waals surface area contributed by atoms with E-state index in [1.807, 2.05) is 0 Å². The molecule has 0 aromatic heterocycles. The zero-order valence-corrected chi connectivity index (χ0v) is 18.1. The minimum Gasteiger partial charge on any atom is -0.355 e. The normalized spacial score (nSPS) is 10.7. The second-order valence-corrected chi connectivity index (χ2v) is 7.98. The summed E-state index contributed by atoms with van der Waals surface area (Å²) in [6.07, 6.45) is 0. The minimum absolute atomic E-state index is 1.10. The zero-order chi connectivity index (χ0) is 21.1. The number of para-hydroxylation sites is 2. The van der Waals surface area contributed by atoms with Gasteiger partial charge >= 0.3 is 0 Å². The van der Waals surface area contributed by atoms with Crippen LogP contribution in [0.25, 0.3) is 11.1 Å². The highest BCUT2D eigenvalue weighted by Crippen LogP contribution is 2.37. The van der Waals surface area contributed by atoms with Crippen LogP contribution in [0.15, 0.2) is 84.9 Å². The summed E-state index contributed by atoms with van der Waals surface area (Å²) in [5.74, 6) is 0. The molecule has 0 aliphatic carbocycles. The van der Waals surface area contributed by atoms with Gasteiger partial charge in [0.25, 0.3) is 0 Å². The summed E-state index contributed by atoms with van der Waals surface area (Å²) < 4.78 is 0. The molecule has 2 heteroatoms. The number of hydrogen-bond donors (Lipinski definition) is 2. The van der Waals surface area contributed by atoms with Crippen LogP contribution in [0.2, 0.25) is 0 Å². The molecule has 150 valence electrons. The summed E-state index contributed by atoms with van der Waals surface area (Å²) in [4.78, 5) is 0.